The number of likely N-dealkylation sites (N-methyl/N-ethyl adjacent to an activating group) is 1. The zero-order chi connectivity index (χ0) is 27.6. The van der Waals surface area contributed by atoms with Crippen LogP contribution in [0.5, 0.6) is 17.2 Å². The summed E-state index contributed by atoms with van der Waals surface area (Å²) in [5.41, 5.74) is 2.78. The van der Waals surface area contributed by atoms with E-state index < -0.39 is 30.2 Å². The molecule has 212 valence electrons. The van der Waals surface area contributed by atoms with Gasteiger partial charge in [-0.2, -0.15) is 23.3 Å². The monoisotopic (exact) mass is 621 g/mol. The summed E-state index contributed by atoms with van der Waals surface area (Å²) in [7, 11) is -2.84. The second-order valence-electron chi connectivity index (χ2n) is 8.61. The molecular weight excluding hydrogens is 594 g/mol. The van der Waals surface area contributed by atoms with Crippen LogP contribution in [0, 0.1) is 5.82 Å². The predicted molar refractivity (Wildman–Crippen MR) is 154 cm³/mol. The number of methoxy groups -OCH3 is 1. The summed E-state index contributed by atoms with van der Waals surface area (Å²) < 4.78 is 65.2. The quantitative estimate of drug-likeness (QED) is 0.236. The molecule has 10 nitrogen and oxygen atoms in total. The number of hydrogen-bond donors (Lipinski definition) is 2. The number of rotatable bonds is 9. The Morgan fingerprint density at radius 3 is 2.54 bits per heavy atom. The van der Waals surface area contributed by atoms with Gasteiger partial charge in [0.1, 0.15) is 16.5 Å². The summed E-state index contributed by atoms with van der Waals surface area (Å²) in [6.07, 6.45) is 2.23. The van der Waals surface area contributed by atoms with Crippen molar-refractivity contribution in [2.75, 3.05) is 44.7 Å². The smallest absolute Gasteiger partial charge is 0.488 e. The van der Waals surface area contributed by atoms with Crippen molar-refractivity contribution >= 4 is 63.3 Å². The van der Waals surface area contributed by atoms with Crippen LogP contribution >= 0.6 is 29.6 Å². The average Bonchev–Trinajstić information content (AvgIpc) is 2.81. The molecule has 0 saturated heterocycles. The number of ether oxygens (including phenoxy) is 1. The third-order valence-corrected chi connectivity index (χ3v) is 6.69. The third-order valence-electron chi connectivity index (χ3n) is 5.46. The highest BCUT2D eigenvalue weighted by atomic mass is 35.5. The molecule has 3 aromatic rings. The van der Waals surface area contributed by atoms with Crippen molar-refractivity contribution in [2.24, 2.45) is 0 Å². The summed E-state index contributed by atoms with van der Waals surface area (Å²) in [6.45, 7) is 5.21. The zero-order valence-electron chi connectivity index (χ0n) is 21.6. The molecule has 1 aliphatic rings. The Labute approximate surface area is 235 Å². The lowest BCUT2D eigenvalue weighted by atomic mass is 9.99. The Kier molecular flexibility index (Phi) is 10.1. The third kappa shape index (κ3) is 7.99. The maximum Gasteiger partial charge on any atom is 0.488 e. The minimum Gasteiger partial charge on any atom is -0.495 e. The standard InChI is InChI=1S/C23H25ClF2N5O5PS.H3P/c1-31-6-5-13-8-19(34-2)18(7-14(13)12-31)28-23-27-11-16(24)22(30-23)29-21-17(25)9-15(36-38(26,32)33)10-20(21)35-37(3)4;/h7-11H,5-6,12H2,1-4H3,(H2,27,28,29,30);1H3. The van der Waals surface area contributed by atoms with Crippen molar-refractivity contribution in [1.29, 1.82) is 0 Å². The molecule has 2 heterocycles. The van der Waals surface area contributed by atoms with Gasteiger partial charge in [-0.1, -0.05) is 15.5 Å². The highest BCUT2D eigenvalue weighted by molar-refractivity contribution is 7.81. The van der Waals surface area contributed by atoms with E-state index in [0.717, 1.165) is 31.1 Å². The molecule has 0 bridgehead atoms. The number of anilines is 4. The number of hydrogen-bond acceptors (Lipinski definition) is 10. The van der Waals surface area contributed by atoms with Crippen molar-refractivity contribution in [2.45, 2.75) is 13.0 Å². The first kappa shape index (κ1) is 31.0. The zero-order valence-corrected chi connectivity index (χ0v) is 25.5. The Balaban J connectivity index is 0.00000420. The van der Waals surface area contributed by atoms with E-state index >= 15 is 4.39 Å². The van der Waals surface area contributed by atoms with Gasteiger partial charge in [0.15, 0.2) is 23.1 Å². The van der Waals surface area contributed by atoms with E-state index in [1.165, 1.54) is 11.8 Å². The molecule has 0 aliphatic carbocycles. The molecule has 0 spiro atoms. The molecule has 0 fully saturated rings. The molecule has 2 aromatic carbocycles. The minimum atomic E-state index is -5.37. The molecule has 4 rings (SSSR count). The largest absolute Gasteiger partial charge is 0.495 e. The normalized spacial score (nSPS) is 13.3. The molecule has 1 unspecified atom stereocenters. The molecular formula is C23H28ClF2N5O5P2S. The SMILES string of the molecule is COc1cc2c(cc1Nc1ncc(Cl)c(Nc3c(F)cc(OS(=O)(=O)F)cc3OP(C)C)n1)CN(C)CC2.P. The molecule has 0 saturated carbocycles. The van der Waals surface area contributed by atoms with Gasteiger partial charge < -0.3 is 29.0 Å². The van der Waals surface area contributed by atoms with Crippen LogP contribution in [-0.4, -0.2) is 57.3 Å². The summed E-state index contributed by atoms with van der Waals surface area (Å²) in [5, 5.41) is 5.96. The van der Waals surface area contributed by atoms with E-state index in [1.54, 1.807) is 20.4 Å². The van der Waals surface area contributed by atoms with Gasteiger partial charge in [0.25, 0.3) is 0 Å². The van der Waals surface area contributed by atoms with Crippen molar-refractivity contribution in [3.05, 3.63) is 52.4 Å². The van der Waals surface area contributed by atoms with Crippen LogP contribution < -0.4 is 24.1 Å². The molecule has 1 atom stereocenters. The van der Waals surface area contributed by atoms with Gasteiger partial charge in [0.2, 0.25) is 5.95 Å². The maximum absolute atomic E-state index is 15.0. The van der Waals surface area contributed by atoms with Gasteiger partial charge in [-0.05, 0) is 50.1 Å². The van der Waals surface area contributed by atoms with Crippen LogP contribution in [0.4, 0.5) is 31.4 Å². The molecule has 2 N–H and O–H groups in total. The summed E-state index contributed by atoms with van der Waals surface area (Å²) in [4.78, 5) is 10.8. The van der Waals surface area contributed by atoms with Crippen molar-refractivity contribution in [3.63, 3.8) is 0 Å². The fourth-order valence-corrected chi connectivity index (χ4v) is 4.86. The number of nitrogens with zero attached hydrogens (tertiary/aromatic N) is 3. The number of fused-ring (bicyclic) bond motifs is 1. The number of nitrogens with one attached hydrogen (secondary N) is 2. The van der Waals surface area contributed by atoms with Crippen LogP contribution in [0.25, 0.3) is 0 Å². The van der Waals surface area contributed by atoms with Crippen LogP contribution in [0.2, 0.25) is 5.02 Å². The van der Waals surface area contributed by atoms with Crippen molar-refractivity contribution in [3.8, 4) is 17.2 Å². The molecule has 1 aromatic heterocycles. The van der Waals surface area contributed by atoms with E-state index in [2.05, 4.69) is 29.7 Å². The molecule has 0 amide bonds. The summed E-state index contributed by atoms with van der Waals surface area (Å²) >= 11 is 6.29. The lowest BCUT2D eigenvalue weighted by Crippen LogP contribution is -2.26. The van der Waals surface area contributed by atoms with Gasteiger partial charge in [0.05, 0.1) is 27.1 Å². The lowest BCUT2D eigenvalue weighted by Gasteiger charge is -2.26. The molecule has 1 aliphatic heterocycles. The van der Waals surface area contributed by atoms with Crippen LogP contribution in [0.3, 0.4) is 0 Å². The van der Waals surface area contributed by atoms with E-state index in [4.69, 9.17) is 20.9 Å². The van der Waals surface area contributed by atoms with E-state index in [-0.39, 0.29) is 38.1 Å². The lowest BCUT2D eigenvalue weighted by molar-refractivity contribution is 0.312. The Hall–Kier alpha value is -2.56. The van der Waals surface area contributed by atoms with E-state index in [0.29, 0.717) is 17.5 Å². The first-order valence-corrected chi connectivity index (χ1v) is 15.0. The van der Waals surface area contributed by atoms with Gasteiger partial charge in [0, 0.05) is 25.2 Å². The van der Waals surface area contributed by atoms with Gasteiger partial charge in [-0.25, -0.2) is 9.37 Å². The average molecular weight is 622 g/mol. The first-order valence-electron chi connectivity index (χ1n) is 11.2. The molecule has 39 heavy (non-hydrogen) atoms. The van der Waals surface area contributed by atoms with Gasteiger partial charge >= 0.3 is 10.5 Å². The fourth-order valence-electron chi connectivity index (χ4n) is 3.86. The van der Waals surface area contributed by atoms with Gasteiger partial charge in [-0.15, -0.1) is 0 Å². The minimum absolute atomic E-state index is 0. The summed E-state index contributed by atoms with van der Waals surface area (Å²) in [5.74, 6) is -0.900. The Bertz CT molecular complexity index is 1470. The van der Waals surface area contributed by atoms with Crippen LogP contribution in [0.1, 0.15) is 11.1 Å². The second kappa shape index (κ2) is 12.7. The van der Waals surface area contributed by atoms with Crippen LogP contribution in [-0.2, 0) is 23.5 Å². The second-order valence-corrected chi connectivity index (χ2v) is 11.8. The number of benzene rings is 2. The number of aromatic nitrogens is 2. The van der Waals surface area contributed by atoms with E-state index in [1.807, 2.05) is 19.2 Å². The number of halogens is 3. The topological polar surface area (TPSA) is 115 Å². The first-order chi connectivity index (χ1) is 17.9. The van der Waals surface area contributed by atoms with Crippen molar-refractivity contribution < 1.29 is 30.1 Å². The van der Waals surface area contributed by atoms with Crippen molar-refractivity contribution in [1.82, 2.24) is 14.9 Å². The highest BCUT2D eigenvalue weighted by Gasteiger charge is 2.21. The molecule has 16 heteroatoms. The Morgan fingerprint density at radius 1 is 1.13 bits per heavy atom. The fraction of sp³-hybridized carbons (Fsp3) is 0.304. The van der Waals surface area contributed by atoms with Gasteiger partial charge in [-0.3, -0.25) is 0 Å². The Morgan fingerprint density at radius 2 is 1.87 bits per heavy atom. The maximum atomic E-state index is 15.0. The predicted octanol–water partition coefficient (Wildman–Crippen LogP) is 5.44. The summed E-state index contributed by atoms with van der Waals surface area (Å²) in [6, 6.07) is 5.70. The highest BCUT2D eigenvalue weighted by Crippen LogP contribution is 2.42. The van der Waals surface area contributed by atoms with E-state index in [9.17, 15) is 12.3 Å². The molecule has 0 radical (unpaired) electrons. The van der Waals surface area contributed by atoms with Crippen LogP contribution in [0.15, 0.2) is 30.5 Å².